The summed E-state index contributed by atoms with van der Waals surface area (Å²) in [6.45, 7) is 0. The number of nitrogens with one attached hydrogen (secondary N) is 1. The van der Waals surface area contributed by atoms with Crippen LogP contribution in [-0.4, -0.2) is 17.5 Å². The molecule has 2 aliphatic rings. The molecule has 1 amide bonds. The quantitative estimate of drug-likeness (QED) is 0.870. The van der Waals surface area contributed by atoms with Crippen LogP contribution in [0.2, 0.25) is 0 Å². The molecule has 0 saturated heterocycles. The third-order valence-electron chi connectivity index (χ3n) is 4.57. The minimum absolute atomic E-state index is 0.131. The number of rotatable bonds is 3. The normalized spacial score (nSPS) is 24.2. The highest BCUT2D eigenvalue weighted by Gasteiger charge is 2.35. The number of aryl methyl sites for hydroxylation is 1. The van der Waals surface area contributed by atoms with Gasteiger partial charge in [-0.1, -0.05) is 24.3 Å². The lowest BCUT2D eigenvalue weighted by atomic mass is 9.75. The third-order valence-corrected chi connectivity index (χ3v) is 4.57. The molecular formula is C16H22N2O. The van der Waals surface area contributed by atoms with Gasteiger partial charge in [0, 0.05) is 18.0 Å². The summed E-state index contributed by atoms with van der Waals surface area (Å²) in [5, 5.41) is 3.17. The van der Waals surface area contributed by atoms with Crippen molar-refractivity contribution in [3.8, 4) is 0 Å². The van der Waals surface area contributed by atoms with E-state index in [4.69, 9.17) is 5.73 Å². The van der Waals surface area contributed by atoms with Gasteiger partial charge in [0.15, 0.2) is 0 Å². The number of fused-ring (bicyclic) bond motifs is 1. The zero-order valence-electron chi connectivity index (χ0n) is 11.3. The lowest BCUT2D eigenvalue weighted by molar-refractivity contribution is -0.123. The fourth-order valence-corrected chi connectivity index (χ4v) is 3.23. The first-order chi connectivity index (χ1) is 9.15. The van der Waals surface area contributed by atoms with Gasteiger partial charge in [-0.25, -0.2) is 0 Å². The number of amides is 1. The molecule has 102 valence electrons. The van der Waals surface area contributed by atoms with Crippen LogP contribution in [-0.2, 0) is 17.6 Å². The number of benzene rings is 1. The minimum Gasteiger partial charge on any atom is -0.353 e. The lowest BCUT2D eigenvalue weighted by Gasteiger charge is -2.38. The number of nitrogens with two attached hydrogens (primary N) is 1. The standard InChI is InChI=1S/C16H22N2O/c17-16(8-3-9-16)11-15(19)18-14-7-6-12-4-1-2-5-13(12)10-14/h1-2,4-5,14H,3,6-11,17H2,(H,18,19). The van der Waals surface area contributed by atoms with Crippen molar-refractivity contribution < 1.29 is 4.79 Å². The predicted molar refractivity (Wildman–Crippen MR) is 75.8 cm³/mol. The van der Waals surface area contributed by atoms with E-state index >= 15 is 0 Å². The van der Waals surface area contributed by atoms with Crippen molar-refractivity contribution in [1.82, 2.24) is 5.32 Å². The molecule has 0 aromatic heterocycles. The second-order valence-corrected chi connectivity index (χ2v) is 6.17. The molecule has 19 heavy (non-hydrogen) atoms. The fourth-order valence-electron chi connectivity index (χ4n) is 3.23. The molecule has 0 heterocycles. The van der Waals surface area contributed by atoms with Gasteiger partial charge in [-0.2, -0.15) is 0 Å². The monoisotopic (exact) mass is 258 g/mol. The molecule has 0 radical (unpaired) electrons. The molecule has 0 aliphatic heterocycles. The summed E-state index contributed by atoms with van der Waals surface area (Å²) in [5.74, 6) is 0.131. The van der Waals surface area contributed by atoms with Crippen LogP contribution in [0, 0.1) is 0 Å². The van der Waals surface area contributed by atoms with E-state index in [9.17, 15) is 4.79 Å². The van der Waals surface area contributed by atoms with E-state index in [0.29, 0.717) is 6.42 Å². The van der Waals surface area contributed by atoms with Crippen molar-refractivity contribution in [2.45, 2.75) is 56.5 Å². The highest BCUT2D eigenvalue weighted by molar-refractivity contribution is 5.77. The topological polar surface area (TPSA) is 55.1 Å². The van der Waals surface area contributed by atoms with Gasteiger partial charge in [0.25, 0.3) is 0 Å². The van der Waals surface area contributed by atoms with Crippen molar-refractivity contribution in [2.75, 3.05) is 0 Å². The van der Waals surface area contributed by atoms with Gasteiger partial charge in [0.1, 0.15) is 0 Å². The molecule has 1 atom stereocenters. The van der Waals surface area contributed by atoms with Gasteiger partial charge >= 0.3 is 0 Å². The Morgan fingerprint density at radius 1 is 1.32 bits per heavy atom. The van der Waals surface area contributed by atoms with Crippen LogP contribution in [0.15, 0.2) is 24.3 Å². The maximum Gasteiger partial charge on any atom is 0.222 e. The summed E-state index contributed by atoms with van der Waals surface area (Å²) in [7, 11) is 0. The van der Waals surface area contributed by atoms with E-state index < -0.39 is 0 Å². The number of carbonyl (C=O) groups is 1. The maximum absolute atomic E-state index is 12.0. The molecule has 1 aromatic rings. The van der Waals surface area contributed by atoms with Gasteiger partial charge in [-0.3, -0.25) is 4.79 Å². The average molecular weight is 258 g/mol. The van der Waals surface area contributed by atoms with Crippen LogP contribution in [0.3, 0.4) is 0 Å². The summed E-state index contributed by atoms with van der Waals surface area (Å²) in [4.78, 5) is 12.0. The first kappa shape index (κ1) is 12.7. The number of hydrogen-bond donors (Lipinski definition) is 2. The molecule has 1 unspecified atom stereocenters. The molecule has 0 spiro atoms. The van der Waals surface area contributed by atoms with Crippen LogP contribution in [0.4, 0.5) is 0 Å². The highest BCUT2D eigenvalue weighted by atomic mass is 16.1. The molecule has 1 saturated carbocycles. The Kier molecular flexibility index (Phi) is 3.31. The summed E-state index contributed by atoms with van der Waals surface area (Å²) in [6.07, 6.45) is 6.71. The first-order valence-electron chi connectivity index (χ1n) is 7.30. The van der Waals surface area contributed by atoms with E-state index in [0.717, 1.165) is 32.1 Å². The van der Waals surface area contributed by atoms with Crippen molar-refractivity contribution in [3.63, 3.8) is 0 Å². The zero-order chi connectivity index (χ0) is 13.3. The largest absolute Gasteiger partial charge is 0.353 e. The van der Waals surface area contributed by atoms with Crippen molar-refractivity contribution in [1.29, 1.82) is 0 Å². The number of hydrogen-bond acceptors (Lipinski definition) is 2. The molecule has 0 bridgehead atoms. The molecule has 1 fully saturated rings. The summed E-state index contributed by atoms with van der Waals surface area (Å²) in [6, 6.07) is 8.81. The molecule has 3 nitrogen and oxygen atoms in total. The Morgan fingerprint density at radius 3 is 2.74 bits per heavy atom. The van der Waals surface area contributed by atoms with Crippen LogP contribution < -0.4 is 11.1 Å². The van der Waals surface area contributed by atoms with E-state index in [1.54, 1.807) is 0 Å². The van der Waals surface area contributed by atoms with E-state index in [1.807, 2.05) is 0 Å². The molecular weight excluding hydrogens is 236 g/mol. The molecule has 3 rings (SSSR count). The Balaban J connectivity index is 1.55. The zero-order valence-corrected chi connectivity index (χ0v) is 11.3. The fraction of sp³-hybridized carbons (Fsp3) is 0.562. The van der Waals surface area contributed by atoms with E-state index in [1.165, 1.54) is 17.5 Å². The maximum atomic E-state index is 12.0. The lowest BCUT2D eigenvalue weighted by Crippen LogP contribution is -2.51. The van der Waals surface area contributed by atoms with Crippen LogP contribution in [0.25, 0.3) is 0 Å². The summed E-state index contributed by atoms with van der Waals surface area (Å²) < 4.78 is 0. The van der Waals surface area contributed by atoms with Crippen molar-refractivity contribution in [3.05, 3.63) is 35.4 Å². The van der Waals surface area contributed by atoms with Crippen LogP contribution in [0.5, 0.6) is 0 Å². The van der Waals surface area contributed by atoms with Crippen molar-refractivity contribution >= 4 is 5.91 Å². The molecule has 2 aliphatic carbocycles. The van der Waals surface area contributed by atoms with E-state index in [-0.39, 0.29) is 17.5 Å². The molecule has 3 heteroatoms. The van der Waals surface area contributed by atoms with Crippen LogP contribution >= 0.6 is 0 Å². The van der Waals surface area contributed by atoms with Gasteiger partial charge < -0.3 is 11.1 Å². The van der Waals surface area contributed by atoms with Crippen LogP contribution in [0.1, 0.15) is 43.2 Å². The Hall–Kier alpha value is -1.35. The minimum atomic E-state index is -0.212. The molecule has 1 aromatic carbocycles. The van der Waals surface area contributed by atoms with Gasteiger partial charge in [-0.05, 0) is 49.7 Å². The summed E-state index contributed by atoms with van der Waals surface area (Å²) >= 11 is 0. The second-order valence-electron chi connectivity index (χ2n) is 6.17. The van der Waals surface area contributed by atoms with E-state index in [2.05, 4.69) is 29.6 Å². The Labute approximate surface area is 114 Å². The van der Waals surface area contributed by atoms with Gasteiger partial charge in [0.05, 0.1) is 0 Å². The first-order valence-corrected chi connectivity index (χ1v) is 7.30. The Bertz CT molecular complexity index is 479. The highest BCUT2D eigenvalue weighted by Crippen LogP contribution is 2.32. The van der Waals surface area contributed by atoms with Gasteiger partial charge in [-0.15, -0.1) is 0 Å². The smallest absolute Gasteiger partial charge is 0.222 e. The summed E-state index contributed by atoms with van der Waals surface area (Å²) in [5.41, 5.74) is 8.73. The predicted octanol–water partition coefficient (Wildman–Crippen LogP) is 1.93. The molecule has 3 N–H and O–H groups in total. The number of carbonyl (C=O) groups excluding carboxylic acids is 1. The third kappa shape index (κ3) is 2.81. The Morgan fingerprint density at radius 2 is 2.05 bits per heavy atom. The van der Waals surface area contributed by atoms with Crippen molar-refractivity contribution in [2.24, 2.45) is 5.73 Å². The second kappa shape index (κ2) is 4.97. The SMILES string of the molecule is NC1(CC(=O)NC2CCc3ccccc3C2)CCC1. The average Bonchev–Trinajstić information content (AvgIpc) is 2.36. The van der Waals surface area contributed by atoms with Gasteiger partial charge in [0.2, 0.25) is 5.91 Å².